The van der Waals surface area contributed by atoms with E-state index >= 15 is 0 Å². The molecule has 0 bridgehead atoms. The number of hydrogen-bond donors (Lipinski definition) is 1. The molecule has 0 aliphatic rings. The van der Waals surface area contributed by atoms with Gasteiger partial charge in [0.1, 0.15) is 11.5 Å². The molecule has 0 radical (unpaired) electrons. The first-order chi connectivity index (χ1) is 18.5. The number of nitrogen functional groups attached to an aromatic ring is 1. The van der Waals surface area contributed by atoms with Crippen LogP contribution >= 0.6 is 58.0 Å². The highest BCUT2D eigenvalue weighted by atomic mass is 35.5. The topological polar surface area (TPSA) is 130 Å². The van der Waals surface area contributed by atoms with Crippen LogP contribution in [0.2, 0.25) is 20.6 Å². The molecule has 0 atom stereocenters. The highest BCUT2D eigenvalue weighted by molar-refractivity contribution is 6.68. The summed E-state index contributed by atoms with van der Waals surface area (Å²) in [7, 11) is 3.04. The van der Waals surface area contributed by atoms with Crippen molar-refractivity contribution in [2.45, 2.75) is 6.42 Å². The van der Waals surface area contributed by atoms with Gasteiger partial charge in [0, 0.05) is 24.4 Å². The lowest BCUT2D eigenvalue weighted by atomic mass is 10.0. The van der Waals surface area contributed by atoms with Gasteiger partial charge < -0.3 is 15.2 Å². The van der Waals surface area contributed by atoms with Crippen LogP contribution in [0.25, 0.3) is 0 Å². The number of benzene rings is 2. The Kier molecular flexibility index (Phi) is 13.1. The predicted molar refractivity (Wildman–Crippen MR) is 153 cm³/mol. The summed E-state index contributed by atoms with van der Waals surface area (Å²) in [5, 5.41) is 0.505. The van der Waals surface area contributed by atoms with Gasteiger partial charge >= 0.3 is 0 Å². The molecule has 0 saturated carbocycles. The van der Waals surface area contributed by atoms with Gasteiger partial charge in [-0.15, -0.1) is 0 Å². The van der Waals surface area contributed by atoms with Crippen molar-refractivity contribution in [2.24, 2.45) is 0 Å². The van der Waals surface area contributed by atoms with Crippen LogP contribution in [0.4, 0.5) is 5.69 Å². The molecule has 0 fully saturated rings. The molecule has 0 saturated heterocycles. The molecule has 2 N–H and O–H groups in total. The van der Waals surface area contributed by atoms with Gasteiger partial charge in [0.25, 0.3) is 5.24 Å². The van der Waals surface area contributed by atoms with Crippen molar-refractivity contribution < 1.29 is 19.1 Å². The zero-order valence-corrected chi connectivity index (χ0v) is 24.1. The minimum atomic E-state index is -0.584. The number of ether oxygens (including phenoxy) is 2. The molecule has 2 heterocycles. The highest BCUT2D eigenvalue weighted by Gasteiger charge is 2.13. The molecular weight excluding hydrogens is 612 g/mol. The highest BCUT2D eigenvalue weighted by Crippen LogP contribution is 2.24. The Morgan fingerprint density at radius 2 is 1.18 bits per heavy atom. The van der Waals surface area contributed by atoms with Crippen molar-refractivity contribution in [3.63, 3.8) is 0 Å². The number of ketones is 1. The number of carbonyl (C=O) groups excluding carboxylic acids is 2. The standard InChI is InChI=1S/C13H10Cl2N2O2.C8H6Cl2O2.C4H4ClN3/c1-19-9-2-3-11(14)10(5-9)12(18)4-8-6-16-13(15)17-7-8;1-12-5-2-3-7(9)6(4-5)8(10)11;5-4-7-1-3(6)2-8-4/h2-3,5-7H,4H2,1H3;2-4H,1H3;1-2H,6H2. The van der Waals surface area contributed by atoms with E-state index in [-0.39, 0.29) is 28.3 Å². The maximum absolute atomic E-state index is 12.2. The summed E-state index contributed by atoms with van der Waals surface area (Å²) in [5.41, 5.74) is 7.11. The summed E-state index contributed by atoms with van der Waals surface area (Å²) in [6.07, 6.45) is 6.09. The van der Waals surface area contributed by atoms with Gasteiger partial charge in [0.05, 0.1) is 47.9 Å². The zero-order chi connectivity index (χ0) is 28.9. The number of aromatic nitrogens is 4. The number of halogens is 5. The van der Waals surface area contributed by atoms with Crippen LogP contribution < -0.4 is 15.2 Å². The van der Waals surface area contributed by atoms with Crippen molar-refractivity contribution in [2.75, 3.05) is 20.0 Å². The minimum absolute atomic E-state index is 0.130. The van der Waals surface area contributed by atoms with E-state index in [1.54, 1.807) is 30.3 Å². The van der Waals surface area contributed by atoms with Gasteiger partial charge in [0.15, 0.2) is 5.78 Å². The van der Waals surface area contributed by atoms with Gasteiger partial charge in [-0.2, -0.15) is 0 Å². The second-order valence-electron chi connectivity index (χ2n) is 7.21. The maximum atomic E-state index is 12.2. The molecule has 0 spiro atoms. The number of nitrogens with two attached hydrogens (primary N) is 1. The molecule has 2 aromatic heterocycles. The van der Waals surface area contributed by atoms with Crippen molar-refractivity contribution in [1.82, 2.24) is 19.9 Å². The SMILES string of the molecule is COc1ccc(Cl)c(C(=O)Cc2cnc(Cl)nc2)c1.COc1ccc(Cl)c(C(=O)Cl)c1.Nc1cnc(Cl)nc1. The average Bonchev–Trinajstić information content (AvgIpc) is 2.92. The number of methoxy groups -OCH3 is 2. The fourth-order valence-corrected chi connectivity index (χ4v) is 3.49. The lowest BCUT2D eigenvalue weighted by molar-refractivity contribution is 0.0992. The molecule has 204 valence electrons. The smallest absolute Gasteiger partial charge is 0.254 e. The Morgan fingerprint density at radius 1 is 0.744 bits per heavy atom. The van der Waals surface area contributed by atoms with Crippen LogP contribution in [0.1, 0.15) is 26.3 Å². The minimum Gasteiger partial charge on any atom is -0.497 e. The normalized spacial score (nSPS) is 9.82. The first-order valence-corrected chi connectivity index (χ1v) is 12.5. The molecule has 14 heteroatoms. The molecule has 2 aromatic carbocycles. The third-order valence-corrected chi connectivity index (χ3v) is 5.79. The van der Waals surface area contributed by atoms with Crippen molar-refractivity contribution >= 4 is 74.7 Å². The molecule has 4 rings (SSSR count). The van der Waals surface area contributed by atoms with Gasteiger partial charge in [-0.3, -0.25) is 9.59 Å². The Bertz CT molecular complexity index is 1390. The van der Waals surface area contributed by atoms with E-state index in [1.165, 1.54) is 45.1 Å². The lowest BCUT2D eigenvalue weighted by Crippen LogP contribution is -2.05. The van der Waals surface area contributed by atoms with Crippen molar-refractivity contribution in [3.8, 4) is 11.5 Å². The Morgan fingerprint density at radius 3 is 1.62 bits per heavy atom. The maximum Gasteiger partial charge on any atom is 0.254 e. The first kappa shape index (κ1) is 32.0. The molecule has 0 amide bonds. The summed E-state index contributed by atoms with van der Waals surface area (Å²) in [6, 6.07) is 9.66. The summed E-state index contributed by atoms with van der Waals surface area (Å²) in [6.45, 7) is 0. The van der Waals surface area contributed by atoms with Crippen LogP contribution in [0.5, 0.6) is 11.5 Å². The largest absolute Gasteiger partial charge is 0.497 e. The van der Waals surface area contributed by atoms with E-state index in [4.69, 9.17) is 73.2 Å². The van der Waals surface area contributed by atoms with E-state index < -0.39 is 5.24 Å². The number of rotatable bonds is 6. The number of nitrogens with zero attached hydrogens (tertiary/aromatic N) is 4. The van der Waals surface area contributed by atoms with E-state index in [0.29, 0.717) is 38.4 Å². The molecular formula is C25H20Cl5N5O4. The van der Waals surface area contributed by atoms with Crippen molar-refractivity contribution in [1.29, 1.82) is 0 Å². The Balaban J connectivity index is 0.000000227. The van der Waals surface area contributed by atoms with Gasteiger partial charge in [-0.25, -0.2) is 19.9 Å². The van der Waals surface area contributed by atoms with E-state index in [1.807, 2.05) is 0 Å². The lowest BCUT2D eigenvalue weighted by Gasteiger charge is -2.06. The van der Waals surface area contributed by atoms with Gasteiger partial charge in [0.2, 0.25) is 10.6 Å². The predicted octanol–water partition coefficient (Wildman–Crippen LogP) is 6.66. The van der Waals surface area contributed by atoms with E-state index in [0.717, 1.165) is 0 Å². The van der Waals surface area contributed by atoms with Crippen LogP contribution in [0.3, 0.4) is 0 Å². The van der Waals surface area contributed by atoms with Crippen LogP contribution in [-0.4, -0.2) is 45.2 Å². The van der Waals surface area contributed by atoms with Gasteiger partial charge in [-0.05, 0) is 76.8 Å². The van der Waals surface area contributed by atoms with E-state index in [9.17, 15) is 9.59 Å². The van der Waals surface area contributed by atoms with Crippen LogP contribution in [0.15, 0.2) is 61.2 Å². The number of carbonyl (C=O) groups is 2. The number of Topliss-reactive ketones (excluding diaryl/α,β-unsaturated/α-hetero) is 1. The summed E-state index contributed by atoms with van der Waals surface area (Å²) < 4.78 is 9.96. The second kappa shape index (κ2) is 16.0. The van der Waals surface area contributed by atoms with Crippen LogP contribution in [-0.2, 0) is 6.42 Å². The molecule has 0 aliphatic heterocycles. The fourth-order valence-electron chi connectivity index (χ4n) is 2.66. The summed E-state index contributed by atoms with van der Waals surface area (Å²) in [5.74, 6) is 1.01. The van der Waals surface area contributed by atoms with E-state index in [2.05, 4.69) is 19.9 Å². The molecule has 4 aromatic rings. The zero-order valence-electron chi connectivity index (χ0n) is 20.4. The number of hydrogen-bond acceptors (Lipinski definition) is 9. The first-order valence-electron chi connectivity index (χ1n) is 10.6. The second-order valence-corrected chi connectivity index (χ2v) is 9.04. The summed E-state index contributed by atoms with van der Waals surface area (Å²) in [4.78, 5) is 37.8. The average molecular weight is 632 g/mol. The van der Waals surface area contributed by atoms with Crippen molar-refractivity contribution in [3.05, 3.63) is 98.5 Å². The molecule has 39 heavy (non-hydrogen) atoms. The third kappa shape index (κ3) is 10.8. The summed E-state index contributed by atoms with van der Waals surface area (Å²) >= 11 is 27.9. The molecule has 0 unspecified atom stereocenters. The van der Waals surface area contributed by atoms with Crippen LogP contribution in [0, 0.1) is 0 Å². The Labute approximate surface area is 249 Å². The quantitative estimate of drug-likeness (QED) is 0.141. The molecule has 0 aliphatic carbocycles. The third-order valence-electron chi connectivity index (χ3n) is 4.54. The van der Waals surface area contributed by atoms with Gasteiger partial charge in [-0.1, -0.05) is 23.2 Å². The fraction of sp³-hybridized carbons (Fsp3) is 0.120. The number of anilines is 1. The monoisotopic (exact) mass is 629 g/mol. The molecule has 9 nitrogen and oxygen atoms in total. The Hall–Kier alpha value is -3.21.